The molecular weight excluding hydrogens is 271 g/mol. The molecule has 2 N–H and O–H groups in total. The lowest BCUT2D eigenvalue weighted by molar-refractivity contribution is 0.0954. The van der Waals surface area contributed by atoms with Crippen LogP contribution in [0, 0.1) is 5.82 Å². The SMILES string of the molecule is CC/C(=N\NC(=O)c1cccc(O)c1)c1ccc(F)cc1. The van der Waals surface area contributed by atoms with Gasteiger partial charge in [-0.05, 0) is 42.3 Å². The Balaban J connectivity index is 2.14. The van der Waals surface area contributed by atoms with Crippen molar-refractivity contribution in [2.75, 3.05) is 0 Å². The lowest BCUT2D eigenvalue weighted by Crippen LogP contribution is -2.19. The van der Waals surface area contributed by atoms with E-state index in [1.165, 1.54) is 24.3 Å². The molecule has 2 aromatic rings. The number of amides is 1. The summed E-state index contributed by atoms with van der Waals surface area (Å²) in [5.74, 6) is -0.724. The number of phenols is 1. The van der Waals surface area contributed by atoms with Crippen molar-refractivity contribution in [1.29, 1.82) is 0 Å². The second-order valence-corrected chi connectivity index (χ2v) is 4.41. The van der Waals surface area contributed by atoms with Crippen molar-refractivity contribution in [2.45, 2.75) is 13.3 Å². The molecule has 0 aliphatic carbocycles. The van der Waals surface area contributed by atoms with Crippen LogP contribution in [0.4, 0.5) is 4.39 Å². The maximum atomic E-state index is 12.9. The van der Waals surface area contributed by atoms with Gasteiger partial charge < -0.3 is 5.11 Å². The van der Waals surface area contributed by atoms with E-state index < -0.39 is 5.91 Å². The molecule has 4 nitrogen and oxygen atoms in total. The third-order valence-corrected chi connectivity index (χ3v) is 2.91. The van der Waals surface area contributed by atoms with Gasteiger partial charge in [0.1, 0.15) is 11.6 Å². The van der Waals surface area contributed by atoms with Crippen molar-refractivity contribution in [2.24, 2.45) is 5.10 Å². The topological polar surface area (TPSA) is 61.7 Å². The van der Waals surface area contributed by atoms with E-state index in [1.54, 1.807) is 24.3 Å². The van der Waals surface area contributed by atoms with Crippen LogP contribution in [0.5, 0.6) is 5.75 Å². The van der Waals surface area contributed by atoms with Gasteiger partial charge in [-0.3, -0.25) is 4.79 Å². The average Bonchev–Trinajstić information content (AvgIpc) is 2.49. The van der Waals surface area contributed by atoms with Crippen LogP contribution in [-0.4, -0.2) is 16.7 Å². The monoisotopic (exact) mass is 286 g/mol. The predicted octanol–water partition coefficient (Wildman–Crippen LogP) is 3.08. The Morgan fingerprint density at radius 2 is 1.90 bits per heavy atom. The van der Waals surface area contributed by atoms with Crippen LogP contribution in [0.1, 0.15) is 29.3 Å². The van der Waals surface area contributed by atoms with Crippen LogP contribution in [0.15, 0.2) is 53.6 Å². The Kier molecular flexibility index (Phi) is 4.66. The molecule has 0 spiro atoms. The summed E-state index contributed by atoms with van der Waals surface area (Å²) in [6.07, 6.45) is 0.589. The predicted molar refractivity (Wildman–Crippen MR) is 78.8 cm³/mol. The largest absolute Gasteiger partial charge is 0.508 e. The highest BCUT2D eigenvalue weighted by atomic mass is 19.1. The molecular formula is C16H15FN2O2. The highest BCUT2D eigenvalue weighted by Gasteiger charge is 2.07. The molecule has 0 unspecified atom stereocenters. The third-order valence-electron chi connectivity index (χ3n) is 2.91. The summed E-state index contributed by atoms with van der Waals surface area (Å²) >= 11 is 0. The van der Waals surface area contributed by atoms with E-state index in [2.05, 4.69) is 10.5 Å². The van der Waals surface area contributed by atoms with Crippen LogP contribution in [-0.2, 0) is 0 Å². The quantitative estimate of drug-likeness (QED) is 0.670. The van der Waals surface area contributed by atoms with Crippen LogP contribution in [0.3, 0.4) is 0 Å². The maximum absolute atomic E-state index is 12.9. The Bertz CT molecular complexity index is 666. The first kappa shape index (κ1) is 14.7. The fraction of sp³-hybridized carbons (Fsp3) is 0.125. The Morgan fingerprint density at radius 1 is 1.19 bits per heavy atom. The van der Waals surface area contributed by atoms with E-state index in [-0.39, 0.29) is 11.6 Å². The molecule has 0 radical (unpaired) electrons. The fourth-order valence-corrected chi connectivity index (χ4v) is 1.82. The van der Waals surface area contributed by atoms with Crippen LogP contribution in [0.2, 0.25) is 0 Å². The fourth-order valence-electron chi connectivity index (χ4n) is 1.82. The summed E-state index contributed by atoms with van der Waals surface area (Å²) in [5, 5.41) is 13.4. The maximum Gasteiger partial charge on any atom is 0.271 e. The highest BCUT2D eigenvalue weighted by molar-refractivity contribution is 6.02. The van der Waals surface area contributed by atoms with Gasteiger partial charge >= 0.3 is 0 Å². The van der Waals surface area contributed by atoms with Gasteiger partial charge in [-0.2, -0.15) is 5.10 Å². The summed E-state index contributed by atoms with van der Waals surface area (Å²) in [7, 11) is 0. The number of carbonyl (C=O) groups excluding carboxylic acids is 1. The number of aromatic hydroxyl groups is 1. The minimum Gasteiger partial charge on any atom is -0.508 e. The molecule has 0 bridgehead atoms. The number of phenolic OH excluding ortho intramolecular Hbond substituents is 1. The molecule has 0 atom stereocenters. The summed E-state index contributed by atoms with van der Waals surface area (Å²) in [5.41, 5.74) is 4.14. The number of hydrogen-bond donors (Lipinski definition) is 2. The van der Waals surface area contributed by atoms with Crippen molar-refractivity contribution in [3.05, 3.63) is 65.5 Å². The minimum absolute atomic E-state index is 0.0147. The van der Waals surface area contributed by atoms with Gasteiger partial charge in [0.05, 0.1) is 5.71 Å². The van der Waals surface area contributed by atoms with Crippen LogP contribution >= 0.6 is 0 Å². The van der Waals surface area contributed by atoms with Gasteiger partial charge in [-0.25, -0.2) is 9.82 Å². The molecule has 5 heteroatoms. The molecule has 0 aromatic heterocycles. The van der Waals surface area contributed by atoms with E-state index in [0.717, 1.165) is 5.56 Å². The van der Waals surface area contributed by atoms with Crippen molar-refractivity contribution in [3.63, 3.8) is 0 Å². The lowest BCUT2D eigenvalue weighted by Gasteiger charge is -2.05. The normalized spacial score (nSPS) is 11.2. The Morgan fingerprint density at radius 3 is 2.52 bits per heavy atom. The standard InChI is InChI=1S/C16H15FN2O2/c1-2-15(11-6-8-13(17)9-7-11)18-19-16(21)12-4-3-5-14(20)10-12/h3-10,20H,2H2,1H3,(H,19,21)/b18-15+. The molecule has 0 saturated heterocycles. The summed E-state index contributed by atoms with van der Waals surface area (Å²) < 4.78 is 12.9. The Labute approximate surface area is 121 Å². The van der Waals surface area contributed by atoms with E-state index >= 15 is 0 Å². The molecule has 21 heavy (non-hydrogen) atoms. The molecule has 0 saturated carbocycles. The van der Waals surface area contributed by atoms with Crippen LogP contribution < -0.4 is 5.43 Å². The number of nitrogens with one attached hydrogen (secondary N) is 1. The molecule has 0 aliphatic heterocycles. The van der Waals surface area contributed by atoms with Gasteiger partial charge in [0.25, 0.3) is 5.91 Å². The van der Waals surface area contributed by atoms with E-state index in [0.29, 0.717) is 17.7 Å². The summed E-state index contributed by atoms with van der Waals surface area (Å²) in [6, 6.07) is 11.9. The molecule has 108 valence electrons. The van der Waals surface area contributed by atoms with E-state index in [4.69, 9.17) is 0 Å². The smallest absolute Gasteiger partial charge is 0.271 e. The third kappa shape index (κ3) is 3.89. The molecule has 0 fully saturated rings. The summed E-state index contributed by atoms with van der Waals surface area (Å²) in [4.78, 5) is 11.9. The van der Waals surface area contributed by atoms with Gasteiger partial charge in [0.2, 0.25) is 0 Å². The number of benzene rings is 2. The van der Waals surface area contributed by atoms with Gasteiger partial charge in [0.15, 0.2) is 0 Å². The molecule has 2 rings (SSSR count). The zero-order chi connectivity index (χ0) is 15.2. The van der Waals surface area contributed by atoms with Crippen molar-refractivity contribution in [1.82, 2.24) is 5.43 Å². The van der Waals surface area contributed by atoms with Gasteiger partial charge in [-0.1, -0.05) is 25.1 Å². The first-order valence-electron chi connectivity index (χ1n) is 6.52. The van der Waals surface area contributed by atoms with E-state index in [1.807, 2.05) is 6.92 Å². The average molecular weight is 286 g/mol. The number of rotatable bonds is 4. The number of hydrazone groups is 1. The second-order valence-electron chi connectivity index (χ2n) is 4.41. The zero-order valence-electron chi connectivity index (χ0n) is 11.5. The van der Waals surface area contributed by atoms with Crippen molar-refractivity contribution in [3.8, 4) is 5.75 Å². The minimum atomic E-state index is -0.418. The molecule has 0 heterocycles. The second kappa shape index (κ2) is 6.65. The number of nitrogens with zero attached hydrogens (tertiary/aromatic N) is 1. The summed E-state index contributed by atoms with van der Waals surface area (Å²) in [6.45, 7) is 1.89. The number of hydrogen-bond acceptors (Lipinski definition) is 3. The van der Waals surface area contributed by atoms with Gasteiger partial charge in [0, 0.05) is 5.56 Å². The van der Waals surface area contributed by atoms with Crippen molar-refractivity contribution >= 4 is 11.6 Å². The van der Waals surface area contributed by atoms with Gasteiger partial charge in [-0.15, -0.1) is 0 Å². The first-order chi connectivity index (χ1) is 10.1. The van der Waals surface area contributed by atoms with Crippen molar-refractivity contribution < 1.29 is 14.3 Å². The number of halogens is 1. The lowest BCUT2D eigenvalue weighted by atomic mass is 10.1. The first-order valence-corrected chi connectivity index (χ1v) is 6.52. The van der Waals surface area contributed by atoms with Crippen LogP contribution in [0.25, 0.3) is 0 Å². The number of carbonyl (C=O) groups is 1. The molecule has 2 aromatic carbocycles. The Hall–Kier alpha value is -2.69. The molecule has 1 amide bonds. The van der Waals surface area contributed by atoms with E-state index in [9.17, 15) is 14.3 Å². The highest BCUT2D eigenvalue weighted by Crippen LogP contribution is 2.11. The molecule has 0 aliphatic rings. The zero-order valence-corrected chi connectivity index (χ0v) is 11.5.